The van der Waals surface area contributed by atoms with E-state index in [-0.39, 0.29) is 0 Å². The van der Waals surface area contributed by atoms with Gasteiger partial charge in [-0.1, -0.05) is 19.4 Å². The average molecular weight is 395 g/mol. The molecule has 0 bridgehead atoms. The molecule has 5 nitrogen and oxygen atoms in total. The van der Waals surface area contributed by atoms with E-state index in [0.29, 0.717) is 5.92 Å². The van der Waals surface area contributed by atoms with Crippen molar-refractivity contribution in [3.05, 3.63) is 22.4 Å². The topological polar surface area (TPSA) is 48.9 Å². The quantitative estimate of drug-likeness (QED) is 0.322. The molecule has 0 radical (unpaired) electrons. The molecule has 1 saturated heterocycles. The summed E-state index contributed by atoms with van der Waals surface area (Å²) < 4.78 is 5.61. The van der Waals surface area contributed by atoms with Crippen LogP contribution in [0.3, 0.4) is 0 Å². The molecule has 27 heavy (non-hydrogen) atoms. The number of ether oxygens (including phenoxy) is 1. The Morgan fingerprint density at radius 1 is 1.22 bits per heavy atom. The zero-order valence-corrected chi connectivity index (χ0v) is 18.0. The van der Waals surface area contributed by atoms with E-state index in [1.54, 1.807) is 0 Å². The van der Waals surface area contributed by atoms with E-state index in [9.17, 15) is 0 Å². The number of likely N-dealkylation sites (tertiary alicyclic amines) is 1. The number of nitrogens with one attached hydrogen (secondary N) is 2. The van der Waals surface area contributed by atoms with Crippen LogP contribution in [0.4, 0.5) is 0 Å². The molecule has 0 aromatic carbocycles. The van der Waals surface area contributed by atoms with Crippen LogP contribution >= 0.6 is 11.3 Å². The smallest absolute Gasteiger partial charge is 0.191 e. The molecule has 0 unspecified atom stereocenters. The second-order valence-corrected chi connectivity index (χ2v) is 8.30. The lowest BCUT2D eigenvalue weighted by Gasteiger charge is -2.31. The number of nitrogens with zero attached hydrogens (tertiary/aromatic N) is 2. The Morgan fingerprint density at radius 2 is 2.04 bits per heavy atom. The molecule has 1 aliphatic heterocycles. The summed E-state index contributed by atoms with van der Waals surface area (Å²) in [5.41, 5.74) is 0. The van der Waals surface area contributed by atoms with Gasteiger partial charge in [0.2, 0.25) is 0 Å². The van der Waals surface area contributed by atoms with Crippen molar-refractivity contribution in [2.75, 3.05) is 45.9 Å². The van der Waals surface area contributed by atoms with Crippen molar-refractivity contribution < 1.29 is 4.74 Å². The van der Waals surface area contributed by atoms with Crippen LogP contribution in [0, 0.1) is 5.92 Å². The molecule has 0 amide bonds. The van der Waals surface area contributed by atoms with Crippen molar-refractivity contribution in [1.29, 1.82) is 0 Å². The normalized spacial score (nSPS) is 16.6. The molecule has 0 atom stereocenters. The van der Waals surface area contributed by atoms with Gasteiger partial charge in [-0.2, -0.15) is 0 Å². The summed E-state index contributed by atoms with van der Waals surface area (Å²) in [6.07, 6.45) is 5.88. The lowest BCUT2D eigenvalue weighted by Crippen LogP contribution is -2.39. The van der Waals surface area contributed by atoms with Crippen molar-refractivity contribution in [2.45, 2.75) is 52.5 Å². The number of aliphatic imine (C=N–C) groups is 1. The molecule has 6 heteroatoms. The number of hydrogen-bond donors (Lipinski definition) is 2. The van der Waals surface area contributed by atoms with Crippen molar-refractivity contribution in [3.8, 4) is 0 Å². The van der Waals surface area contributed by atoms with E-state index >= 15 is 0 Å². The van der Waals surface area contributed by atoms with Crippen LogP contribution < -0.4 is 10.6 Å². The monoisotopic (exact) mass is 394 g/mol. The van der Waals surface area contributed by atoms with Crippen molar-refractivity contribution in [1.82, 2.24) is 15.5 Å². The summed E-state index contributed by atoms with van der Waals surface area (Å²) >= 11 is 1.86. The molecular formula is C21H38N4OS. The molecule has 2 N–H and O–H groups in total. The first kappa shape index (κ1) is 22.2. The third kappa shape index (κ3) is 9.58. The van der Waals surface area contributed by atoms with Gasteiger partial charge in [0.25, 0.3) is 0 Å². The number of piperidine rings is 1. The third-order valence-electron chi connectivity index (χ3n) is 4.92. The van der Waals surface area contributed by atoms with Gasteiger partial charge in [0.05, 0.1) is 0 Å². The lowest BCUT2D eigenvalue weighted by atomic mass is 9.97. The van der Waals surface area contributed by atoms with Crippen LogP contribution in [0.1, 0.15) is 50.8 Å². The van der Waals surface area contributed by atoms with Crippen LogP contribution in [0.15, 0.2) is 22.5 Å². The van der Waals surface area contributed by atoms with Crippen molar-refractivity contribution >= 4 is 17.3 Å². The molecule has 1 aromatic heterocycles. The Kier molecular flexibility index (Phi) is 11.5. The van der Waals surface area contributed by atoms with E-state index in [1.807, 2.05) is 11.3 Å². The molecule has 0 spiro atoms. The number of hydrogen-bond acceptors (Lipinski definition) is 4. The first-order valence-corrected chi connectivity index (χ1v) is 11.5. The average Bonchev–Trinajstić information content (AvgIpc) is 3.19. The fourth-order valence-electron chi connectivity index (χ4n) is 3.24. The molecule has 154 valence electrons. The summed E-state index contributed by atoms with van der Waals surface area (Å²) in [6, 6.07) is 4.39. The molecule has 0 aliphatic carbocycles. The first-order chi connectivity index (χ1) is 13.3. The predicted octanol–water partition coefficient (Wildman–Crippen LogP) is 3.72. The minimum Gasteiger partial charge on any atom is -0.381 e. The van der Waals surface area contributed by atoms with Gasteiger partial charge in [0.15, 0.2) is 5.96 Å². The SMILES string of the molecule is CCCCOCCCNC(=NCC1CCN(Cc2cccs2)CC1)NCC. The van der Waals surface area contributed by atoms with Crippen LogP contribution in [0.5, 0.6) is 0 Å². The molecule has 0 saturated carbocycles. The van der Waals surface area contributed by atoms with Crippen LogP contribution in [-0.2, 0) is 11.3 Å². The number of thiophene rings is 1. The Bertz CT molecular complexity index is 498. The van der Waals surface area contributed by atoms with Gasteiger partial charge in [-0.25, -0.2) is 0 Å². The maximum Gasteiger partial charge on any atom is 0.191 e. The largest absolute Gasteiger partial charge is 0.381 e. The maximum atomic E-state index is 5.61. The van der Waals surface area contributed by atoms with Gasteiger partial charge in [-0.3, -0.25) is 9.89 Å². The van der Waals surface area contributed by atoms with Crippen LogP contribution in [-0.4, -0.2) is 56.8 Å². The fraction of sp³-hybridized carbons (Fsp3) is 0.762. The minimum absolute atomic E-state index is 0.706. The third-order valence-corrected chi connectivity index (χ3v) is 5.78. The Labute approximate surface area is 169 Å². The zero-order chi connectivity index (χ0) is 19.2. The highest BCUT2D eigenvalue weighted by molar-refractivity contribution is 7.09. The van der Waals surface area contributed by atoms with Crippen molar-refractivity contribution in [3.63, 3.8) is 0 Å². The van der Waals surface area contributed by atoms with E-state index in [2.05, 4.69) is 46.9 Å². The zero-order valence-electron chi connectivity index (χ0n) is 17.2. The summed E-state index contributed by atoms with van der Waals surface area (Å²) in [7, 11) is 0. The molecule has 2 heterocycles. The van der Waals surface area contributed by atoms with Gasteiger partial charge < -0.3 is 15.4 Å². The van der Waals surface area contributed by atoms with Gasteiger partial charge in [-0.15, -0.1) is 11.3 Å². The van der Waals surface area contributed by atoms with Crippen molar-refractivity contribution in [2.24, 2.45) is 10.9 Å². The highest BCUT2D eigenvalue weighted by atomic mass is 32.1. The second kappa shape index (κ2) is 14.0. The Hall–Kier alpha value is -1.11. The van der Waals surface area contributed by atoms with Gasteiger partial charge in [0, 0.05) is 44.3 Å². The standard InChI is InChI=1S/C21H38N4OS/c1-3-5-14-26-15-7-11-23-21(22-4-2)24-17-19-9-12-25(13-10-19)18-20-8-6-16-27-20/h6,8,16,19H,3-5,7,9-15,17-18H2,1-2H3,(H2,22,23,24). The lowest BCUT2D eigenvalue weighted by molar-refractivity contribution is 0.129. The summed E-state index contributed by atoms with van der Waals surface area (Å²) in [5.74, 6) is 1.66. The molecule has 1 aliphatic rings. The first-order valence-electron chi connectivity index (χ1n) is 10.7. The van der Waals surface area contributed by atoms with E-state index in [0.717, 1.165) is 58.2 Å². The Balaban J connectivity index is 1.61. The van der Waals surface area contributed by atoms with E-state index in [4.69, 9.17) is 9.73 Å². The van der Waals surface area contributed by atoms with Gasteiger partial charge in [0.1, 0.15) is 0 Å². The highest BCUT2D eigenvalue weighted by Crippen LogP contribution is 2.20. The molecule has 2 rings (SSSR count). The molecule has 1 aromatic rings. The summed E-state index contributed by atoms with van der Waals surface area (Å²) in [6.45, 7) is 12.3. The second-order valence-electron chi connectivity index (χ2n) is 7.26. The Morgan fingerprint density at radius 3 is 2.74 bits per heavy atom. The van der Waals surface area contributed by atoms with Gasteiger partial charge >= 0.3 is 0 Å². The number of guanidine groups is 1. The molecular weight excluding hydrogens is 356 g/mol. The molecule has 1 fully saturated rings. The van der Waals surface area contributed by atoms with E-state index < -0.39 is 0 Å². The number of rotatable bonds is 12. The highest BCUT2D eigenvalue weighted by Gasteiger charge is 2.19. The minimum atomic E-state index is 0.706. The number of unbranched alkanes of at least 4 members (excludes halogenated alkanes) is 1. The predicted molar refractivity (Wildman–Crippen MR) is 117 cm³/mol. The summed E-state index contributed by atoms with van der Waals surface area (Å²) in [4.78, 5) is 8.88. The maximum absolute atomic E-state index is 5.61. The van der Waals surface area contributed by atoms with Crippen LogP contribution in [0.2, 0.25) is 0 Å². The van der Waals surface area contributed by atoms with Crippen LogP contribution in [0.25, 0.3) is 0 Å². The van der Waals surface area contributed by atoms with E-state index in [1.165, 1.54) is 37.2 Å². The fourth-order valence-corrected chi connectivity index (χ4v) is 3.99. The summed E-state index contributed by atoms with van der Waals surface area (Å²) in [5, 5.41) is 8.97. The van der Waals surface area contributed by atoms with Gasteiger partial charge in [-0.05, 0) is 63.1 Å².